The molecule has 110 valence electrons. The molecule has 2 aromatic rings. The van der Waals surface area contributed by atoms with E-state index in [-0.39, 0.29) is 11.3 Å². The molecule has 3 heteroatoms. The first-order valence-corrected chi connectivity index (χ1v) is 7.13. The monoisotopic (exact) mass is 282 g/mol. The van der Waals surface area contributed by atoms with Crippen LogP contribution in [0.3, 0.4) is 0 Å². The first kappa shape index (κ1) is 15.2. The summed E-state index contributed by atoms with van der Waals surface area (Å²) in [6.07, 6.45) is 3.52. The zero-order valence-electron chi connectivity index (χ0n) is 13.1. The second-order valence-corrected chi connectivity index (χ2v) is 6.35. The quantitative estimate of drug-likeness (QED) is 0.861. The van der Waals surface area contributed by atoms with E-state index in [0.717, 1.165) is 11.1 Å². The summed E-state index contributed by atoms with van der Waals surface area (Å²) in [6, 6.07) is 11.7. The Morgan fingerprint density at radius 2 is 1.81 bits per heavy atom. The molecule has 2 rings (SSSR count). The third-order valence-electron chi connectivity index (χ3n) is 3.49. The van der Waals surface area contributed by atoms with Crippen molar-refractivity contribution in [2.45, 2.75) is 32.7 Å². The summed E-state index contributed by atoms with van der Waals surface area (Å²) in [5.74, 6) is 0.0271. The lowest BCUT2D eigenvalue weighted by atomic mass is 9.86. The largest absolute Gasteiger partial charge is 0.337 e. The summed E-state index contributed by atoms with van der Waals surface area (Å²) in [5, 5.41) is 0. The number of hydrogen-bond donors (Lipinski definition) is 0. The number of benzene rings is 1. The molecule has 0 bridgehead atoms. The topological polar surface area (TPSA) is 33.2 Å². The zero-order chi connectivity index (χ0) is 15.5. The van der Waals surface area contributed by atoms with Crippen LogP contribution >= 0.6 is 0 Å². The van der Waals surface area contributed by atoms with Gasteiger partial charge in [0, 0.05) is 31.5 Å². The molecule has 0 aliphatic carbocycles. The van der Waals surface area contributed by atoms with Gasteiger partial charge < -0.3 is 4.90 Å². The lowest BCUT2D eigenvalue weighted by molar-refractivity contribution is 0.0785. The van der Waals surface area contributed by atoms with Gasteiger partial charge in [0.25, 0.3) is 5.91 Å². The molecule has 0 radical (unpaired) electrons. The third-order valence-corrected chi connectivity index (χ3v) is 3.49. The molecule has 1 heterocycles. The molecule has 3 nitrogen and oxygen atoms in total. The smallest absolute Gasteiger partial charge is 0.253 e. The van der Waals surface area contributed by atoms with Crippen molar-refractivity contribution < 1.29 is 4.79 Å². The van der Waals surface area contributed by atoms with Crippen LogP contribution in [0.1, 0.15) is 42.3 Å². The van der Waals surface area contributed by atoms with Gasteiger partial charge in [-0.2, -0.15) is 0 Å². The standard InChI is InChI=1S/C18H22N2O/c1-18(2,3)16-9-7-15(8-10-16)17(21)20(4)13-14-6-5-11-19-12-14/h5-12H,13H2,1-4H3. The van der Waals surface area contributed by atoms with Crippen LogP contribution < -0.4 is 0 Å². The summed E-state index contributed by atoms with van der Waals surface area (Å²) in [6.45, 7) is 7.06. The SMILES string of the molecule is CN(Cc1cccnc1)C(=O)c1ccc(C(C)(C)C)cc1. The van der Waals surface area contributed by atoms with E-state index < -0.39 is 0 Å². The summed E-state index contributed by atoms with van der Waals surface area (Å²) in [5.41, 5.74) is 3.08. The predicted molar refractivity (Wildman–Crippen MR) is 85.2 cm³/mol. The summed E-state index contributed by atoms with van der Waals surface area (Å²) >= 11 is 0. The van der Waals surface area contributed by atoms with Crippen LogP contribution in [-0.4, -0.2) is 22.8 Å². The minimum Gasteiger partial charge on any atom is -0.337 e. The highest BCUT2D eigenvalue weighted by Crippen LogP contribution is 2.22. The highest BCUT2D eigenvalue weighted by Gasteiger charge is 2.16. The van der Waals surface area contributed by atoms with Crippen LogP contribution in [0.15, 0.2) is 48.8 Å². The van der Waals surface area contributed by atoms with Crippen LogP contribution in [-0.2, 0) is 12.0 Å². The van der Waals surface area contributed by atoms with Gasteiger partial charge in [-0.05, 0) is 34.7 Å². The first-order valence-electron chi connectivity index (χ1n) is 7.13. The Balaban J connectivity index is 2.09. The van der Waals surface area contributed by atoms with E-state index >= 15 is 0 Å². The predicted octanol–water partition coefficient (Wildman–Crippen LogP) is 3.65. The number of aromatic nitrogens is 1. The Morgan fingerprint density at radius 3 is 2.33 bits per heavy atom. The fourth-order valence-corrected chi connectivity index (χ4v) is 2.17. The molecule has 0 aliphatic heterocycles. The van der Waals surface area contributed by atoms with E-state index in [1.165, 1.54) is 5.56 Å². The molecule has 0 fully saturated rings. The van der Waals surface area contributed by atoms with Crippen LogP contribution in [0, 0.1) is 0 Å². The van der Waals surface area contributed by atoms with Crippen molar-refractivity contribution in [3.8, 4) is 0 Å². The van der Waals surface area contributed by atoms with E-state index in [1.54, 1.807) is 17.3 Å². The maximum Gasteiger partial charge on any atom is 0.253 e. The number of hydrogen-bond acceptors (Lipinski definition) is 2. The van der Waals surface area contributed by atoms with Crippen molar-refractivity contribution in [2.75, 3.05) is 7.05 Å². The van der Waals surface area contributed by atoms with Crippen LogP contribution in [0.5, 0.6) is 0 Å². The molecule has 0 saturated carbocycles. The molecular formula is C18H22N2O. The van der Waals surface area contributed by atoms with Gasteiger partial charge in [-0.25, -0.2) is 0 Å². The van der Waals surface area contributed by atoms with E-state index in [2.05, 4.69) is 25.8 Å². The second-order valence-electron chi connectivity index (χ2n) is 6.35. The van der Waals surface area contributed by atoms with Crippen molar-refractivity contribution in [3.05, 3.63) is 65.5 Å². The average molecular weight is 282 g/mol. The van der Waals surface area contributed by atoms with Crippen molar-refractivity contribution in [1.29, 1.82) is 0 Å². The van der Waals surface area contributed by atoms with E-state index in [9.17, 15) is 4.79 Å². The highest BCUT2D eigenvalue weighted by molar-refractivity contribution is 5.94. The number of carbonyl (C=O) groups is 1. The maximum absolute atomic E-state index is 12.4. The number of amides is 1. The first-order chi connectivity index (χ1) is 9.88. The average Bonchev–Trinajstić information content (AvgIpc) is 2.46. The highest BCUT2D eigenvalue weighted by atomic mass is 16.2. The number of carbonyl (C=O) groups excluding carboxylic acids is 1. The third kappa shape index (κ3) is 3.91. The van der Waals surface area contributed by atoms with Crippen LogP contribution in [0.2, 0.25) is 0 Å². The van der Waals surface area contributed by atoms with Gasteiger partial charge in [0.05, 0.1) is 0 Å². The fraction of sp³-hybridized carbons (Fsp3) is 0.333. The van der Waals surface area contributed by atoms with Gasteiger partial charge in [0.1, 0.15) is 0 Å². The molecule has 1 aromatic carbocycles. The summed E-state index contributed by atoms with van der Waals surface area (Å²) < 4.78 is 0. The Hall–Kier alpha value is -2.16. The molecule has 0 spiro atoms. The van der Waals surface area contributed by atoms with Gasteiger partial charge in [0.15, 0.2) is 0 Å². The lowest BCUT2D eigenvalue weighted by Crippen LogP contribution is -2.26. The summed E-state index contributed by atoms with van der Waals surface area (Å²) in [7, 11) is 1.81. The van der Waals surface area contributed by atoms with Crippen molar-refractivity contribution >= 4 is 5.91 Å². The summed E-state index contributed by atoms with van der Waals surface area (Å²) in [4.78, 5) is 18.2. The van der Waals surface area contributed by atoms with E-state index in [1.807, 2.05) is 43.4 Å². The molecule has 0 N–H and O–H groups in total. The number of rotatable bonds is 3. The van der Waals surface area contributed by atoms with Gasteiger partial charge in [-0.15, -0.1) is 0 Å². The maximum atomic E-state index is 12.4. The molecule has 1 aromatic heterocycles. The molecule has 0 saturated heterocycles. The van der Waals surface area contributed by atoms with Gasteiger partial charge >= 0.3 is 0 Å². The molecule has 0 atom stereocenters. The lowest BCUT2D eigenvalue weighted by Gasteiger charge is -2.20. The van der Waals surface area contributed by atoms with Crippen molar-refractivity contribution in [3.63, 3.8) is 0 Å². The fourth-order valence-electron chi connectivity index (χ4n) is 2.17. The molecule has 21 heavy (non-hydrogen) atoms. The van der Waals surface area contributed by atoms with Crippen LogP contribution in [0.4, 0.5) is 0 Å². The van der Waals surface area contributed by atoms with Crippen molar-refractivity contribution in [1.82, 2.24) is 9.88 Å². The van der Waals surface area contributed by atoms with Crippen LogP contribution in [0.25, 0.3) is 0 Å². The molecule has 0 unspecified atom stereocenters. The van der Waals surface area contributed by atoms with E-state index in [4.69, 9.17) is 0 Å². The minimum atomic E-state index is 0.0271. The molecular weight excluding hydrogens is 260 g/mol. The second kappa shape index (κ2) is 6.08. The van der Waals surface area contributed by atoms with E-state index in [0.29, 0.717) is 6.54 Å². The van der Waals surface area contributed by atoms with Gasteiger partial charge in [-0.1, -0.05) is 39.0 Å². The number of pyridine rings is 1. The Kier molecular flexibility index (Phi) is 4.41. The van der Waals surface area contributed by atoms with Gasteiger partial charge in [-0.3, -0.25) is 9.78 Å². The minimum absolute atomic E-state index is 0.0271. The molecule has 1 amide bonds. The Morgan fingerprint density at radius 1 is 1.14 bits per heavy atom. The van der Waals surface area contributed by atoms with Gasteiger partial charge in [0.2, 0.25) is 0 Å². The zero-order valence-corrected chi connectivity index (χ0v) is 13.1. The van der Waals surface area contributed by atoms with Crippen molar-refractivity contribution in [2.24, 2.45) is 0 Å². The number of nitrogens with zero attached hydrogens (tertiary/aromatic N) is 2. The molecule has 0 aliphatic rings. The normalized spacial score (nSPS) is 11.2. The Labute approximate surface area is 126 Å². The Bertz CT molecular complexity index is 597.